The summed E-state index contributed by atoms with van der Waals surface area (Å²) in [5.41, 5.74) is 3.55. The SMILES string of the molecule is O=C(CSc1nnc(SCC(=O)c2ccc(-c3ccccc3)cc2)s1)c1ccc(Br)cc1. The van der Waals surface area contributed by atoms with E-state index >= 15 is 0 Å². The van der Waals surface area contributed by atoms with Gasteiger partial charge in [0.2, 0.25) is 0 Å². The number of benzene rings is 3. The maximum absolute atomic E-state index is 12.6. The van der Waals surface area contributed by atoms with E-state index in [0.717, 1.165) is 24.3 Å². The van der Waals surface area contributed by atoms with Crippen LogP contribution >= 0.6 is 50.8 Å². The van der Waals surface area contributed by atoms with Crippen LogP contribution in [0.2, 0.25) is 0 Å². The van der Waals surface area contributed by atoms with Crippen LogP contribution in [-0.2, 0) is 0 Å². The number of carbonyl (C=O) groups is 2. The van der Waals surface area contributed by atoms with Crippen molar-refractivity contribution in [2.75, 3.05) is 11.5 Å². The number of carbonyl (C=O) groups excluding carboxylic acids is 2. The third kappa shape index (κ3) is 6.16. The van der Waals surface area contributed by atoms with Crippen LogP contribution in [0.1, 0.15) is 20.7 Å². The molecule has 4 nitrogen and oxygen atoms in total. The number of nitrogens with zero attached hydrogens (tertiary/aromatic N) is 2. The minimum absolute atomic E-state index is 0.0426. The molecule has 0 amide bonds. The van der Waals surface area contributed by atoms with Gasteiger partial charge in [-0.3, -0.25) is 9.59 Å². The van der Waals surface area contributed by atoms with Crippen molar-refractivity contribution in [2.24, 2.45) is 0 Å². The fourth-order valence-corrected chi connectivity index (χ4v) is 5.92. The number of aromatic nitrogens is 2. The van der Waals surface area contributed by atoms with E-state index in [1.807, 2.05) is 66.7 Å². The molecular weight excluding hydrogens is 524 g/mol. The van der Waals surface area contributed by atoms with E-state index in [1.54, 1.807) is 12.1 Å². The number of rotatable bonds is 9. The van der Waals surface area contributed by atoms with Gasteiger partial charge in [-0.1, -0.05) is 118 Å². The van der Waals surface area contributed by atoms with Gasteiger partial charge in [0.15, 0.2) is 20.2 Å². The average Bonchev–Trinajstić information content (AvgIpc) is 3.30. The number of thioether (sulfide) groups is 2. The van der Waals surface area contributed by atoms with E-state index in [2.05, 4.69) is 26.1 Å². The normalized spacial score (nSPS) is 10.8. The molecule has 3 aromatic carbocycles. The second-order valence-electron chi connectivity index (χ2n) is 6.71. The van der Waals surface area contributed by atoms with Gasteiger partial charge in [0.25, 0.3) is 0 Å². The first-order valence-electron chi connectivity index (χ1n) is 9.65. The molecule has 32 heavy (non-hydrogen) atoms. The van der Waals surface area contributed by atoms with Crippen LogP contribution in [0, 0.1) is 0 Å². The van der Waals surface area contributed by atoms with Crippen LogP contribution < -0.4 is 0 Å². The van der Waals surface area contributed by atoms with Crippen molar-refractivity contribution in [2.45, 2.75) is 8.68 Å². The standard InChI is InChI=1S/C24H17BrN2O2S3/c25-20-12-10-19(11-13-20)22(29)15-31-24-27-26-23(32-24)30-14-21(28)18-8-6-17(7-9-18)16-4-2-1-3-5-16/h1-13H,14-15H2. The van der Waals surface area contributed by atoms with E-state index < -0.39 is 0 Å². The van der Waals surface area contributed by atoms with Gasteiger partial charge in [-0.05, 0) is 23.3 Å². The average molecular weight is 542 g/mol. The van der Waals surface area contributed by atoms with Gasteiger partial charge < -0.3 is 0 Å². The molecule has 0 spiro atoms. The molecule has 0 saturated carbocycles. The Hall–Kier alpha value is -2.26. The van der Waals surface area contributed by atoms with Crippen LogP contribution in [0.4, 0.5) is 0 Å². The smallest absolute Gasteiger partial charge is 0.175 e. The molecule has 8 heteroatoms. The Morgan fingerprint density at radius 2 is 1.16 bits per heavy atom. The van der Waals surface area contributed by atoms with E-state index in [0.29, 0.717) is 22.6 Å². The third-order valence-electron chi connectivity index (χ3n) is 4.52. The molecule has 0 fully saturated rings. The maximum Gasteiger partial charge on any atom is 0.175 e. The number of halogens is 1. The first kappa shape index (κ1) is 22.9. The molecule has 0 aliphatic rings. The van der Waals surface area contributed by atoms with Crippen molar-refractivity contribution in [3.8, 4) is 11.1 Å². The van der Waals surface area contributed by atoms with Gasteiger partial charge in [0.05, 0.1) is 11.5 Å². The minimum atomic E-state index is 0.0426. The number of ketones is 2. The molecule has 0 unspecified atom stereocenters. The Labute approximate surface area is 207 Å². The van der Waals surface area contributed by atoms with Crippen LogP contribution in [0.15, 0.2) is 92.0 Å². The summed E-state index contributed by atoms with van der Waals surface area (Å²) in [5, 5.41) is 8.27. The Balaban J connectivity index is 1.27. The second kappa shape index (κ2) is 11.0. The summed E-state index contributed by atoms with van der Waals surface area (Å²) in [6, 6.07) is 25.0. The number of Topliss-reactive ketones (excluding diaryl/α,β-unsaturated/α-hetero) is 2. The fourth-order valence-electron chi connectivity index (χ4n) is 2.85. The van der Waals surface area contributed by atoms with E-state index in [1.165, 1.54) is 34.9 Å². The molecule has 0 aliphatic carbocycles. The summed E-state index contributed by atoms with van der Waals surface area (Å²) >= 11 is 7.50. The Morgan fingerprint density at radius 1 is 0.688 bits per heavy atom. The summed E-state index contributed by atoms with van der Waals surface area (Å²) < 4.78 is 2.38. The lowest BCUT2D eigenvalue weighted by molar-refractivity contribution is 0.101. The highest BCUT2D eigenvalue weighted by atomic mass is 79.9. The largest absolute Gasteiger partial charge is 0.293 e. The first-order chi connectivity index (χ1) is 15.6. The Kier molecular flexibility index (Phi) is 7.91. The third-order valence-corrected chi connectivity index (χ3v) is 8.24. The lowest BCUT2D eigenvalue weighted by Gasteiger charge is -2.03. The molecule has 1 heterocycles. The number of hydrogen-bond donors (Lipinski definition) is 0. The lowest BCUT2D eigenvalue weighted by Crippen LogP contribution is -2.01. The van der Waals surface area contributed by atoms with E-state index in [4.69, 9.17) is 0 Å². The highest BCUT2D eigenvalue weighted by molar-refractivity contribution is 9.10. The predicted octanol–water partition coefficient (Wildman–Crippen LogP) is 6.92. The van der Waals surface area contributed by atoms with Crippen molar-refractivity contribution in [1.82, 2.24) is 10.2 Å². The lowest BCUT2D eigenvalue weighted by atomic mass is 10.0. The molecule has 4 aromatic rings. The van der Waals surface area contributed by atoms with Crippen LogP contribution in [0.25, 0.3) is 11.1 Å². The van der Waals surface area contributed by atoms with Crippen LogP contribution in [-0.4, -0.2) is 33.3 Å². The van der Waals surface area contributed by atoms with Gasteiger partial charge in [0.1, 0.15) is 0 Å². The van der Waals surface area contributed by atoms with Crippen molar-refractivity contribution in [1.29, 1.82) is 0 Å². The molecule has 0 bridgehead atoms. The zero-order chi connectivity index (χ0) is 22.3. The van der Waals surface area contributed by atoms with Crippen LogP contribution in [0.3, 0.4) is 0 Å². The quantitative estimate of drug-likeness (QED) is 0.169. The molecular formula is C24H17BrN2O2S3. The zero-order valence-corrected chi connectivity index (χ0v) is 20.8. The molecule has 0 aliphatic heterocycles. The minimum Gasteiger partial charge on any atom is -0.293 e. The van der Waals surface area contributed by atoms with Crippen molar-refractivity contribution >= 4 is 62.4 Å². The second-order valence-corrected chi connectivity index (χ2v) is 11.0. The van der Waals surface area contributed by atoms with Crippen molar-refractivity contribution in [3.63, 3.8) is 0 Å². The van der Waals surface area contributed by atoms with Crippen molar-refractivity contribution in [3.05, 3.63) is 94.5 Å². The highest BCUT2D eigenvalue weighted by Crippen LogP contribution is 2.30. The predicted molar refractivity (Wildman–Crippen MR) is 136 cm³/mol. The maximum atomic E-state index is 12.6. The fraction of sp³-hybridized carbons (Fsp3) is 0.0833. The Bertz CT molecular complexity index is 1210. The molecule has 0 saturated heterocycles. The summed E-state index contributed by atoms with van der Waals surface area (Å²) in [5.74, 6) is 0.681. The van der Waals surface area contributed by atoms with Gasteiger partial charge in [-0.15, -0.1) is 10.2 Å². The van der Waals surface area contributed by atoms with Crippen molar-refractivity contribution < 1.29 is 9.59 Å². The van der Waals surface area contributed by atoms with E-state index in [9.17, 15) is 9.59 Å². The zero-order valence-electron chi connectivity index (χ0n) is 16.7. The molecule has 4 rings (SSSR count). The van der Waals surface area contributed by atoms with Gasteiger partial charge in [0, 0.05) is 15.6 Å². The van der Waals surface area contributed by atoms with Crippen LogP contribution in [0.5, 0.6) is 0 Å². The molecule has 0 radical (unpaired) electrons. The summed E-state index contributed by atoms with van der Waals surface area (Å²) in [6.45, 7) is 0. The topological polar surface area (TPSA) is 59.9 Å². The number of hydrogen-bond acceptors (Lipinski definition) is 7. The van der Waals surface area contributed by atoms with Gasteiger partial charge in [-0.25, -0.2) is 0 Å². The van der Waals surface area contributed by atoms with Gasteiger partial charge >= 0.3 is 0 Å². The highest BCUT2D eigenvalue weighted by Gasteiger charge is 2.13. The van der Waals surface area contributed by atoms with E-state index in [-0.39, 0.29) is 11.6 Å². The monoisotopic (exact) mass is 540 g/mol. The van der Waals surface area contributed by atoms with Gasteiger partial charge in [-0.2, -0.15) is 0 Å². The first-order valence-corrected chi connectivity index (χ1v) is 13.2. The molecule has 160 valence electrons. The Morgan fingerprint density at radius 3 is 1.69 bits per heavy atom. The molecule has 0 N–H and O–H groups in total. The summed E-state index contributed by atoms with van der Waals surface area (Å²) in [7, 11) is 0. The summed E-state index contributed by atoms with van der Waals surface area (Å²) in [6.07, 6.45) is 0. The summed E-state index contributed by atoms with van der Waals surface area (Å²) in [4.78, 5) is 24.8. The molecule has 0 atom stereocenters. The molecule has 1 aromatic heterocycles.